The molecule has 0 N–H and O–H groups in total. The van der Waals surface area contributed by atoms with Crippen LogP contribution >= 0.6 is 0 Å². The zero-order valence-electron chi connectivity index (χ0n) is 16.9. The van der Waals surface area contributed by atoms with Crippen molar-refractivity contribution >= 4 is 11.5 Å². The van der Waals surface area contributed by atoms with Crippen LogP contribution in [0.25, 0.3) is 0 Å². The van der Waals surface area contributed by atoms with E-state index < -0.39 is 5.54 Å². The number of benzene rings is 4. The predicted molar refractivity (Wildman–Crippen MR) is 122 cm³/mol. The number of anilines is 1. The van der Waals surface area contributed by atoms with E-state index in [1.807, 2.05) is 66.7 Å². The third kappa shape index (κ3) is 2.68. The fourth-order valence-electron chi connectivity index (χ4n) is 4.63. The Labute approximate surface area is 177 Å². The second-order valence-electron chi connectivity index (χ2n) is 7.83. The van der Waals surface area contributed by atoms with Gasteiger partial charge < -0.3 is 4.90 Å². The summed E-state index contributed by atoms with van der Waals surface area (Å²) in [4.78, 5) is 16.4. The number of aryl methyl sites for hydroxylation is 1. The monoisotopic (exact) mass is 389 g/mol. The van der Waals surface area contributed by atoms with Crippen molar-refractivity contribution in [2.24, 2.45) is 0 Å². The molecule has 1 saturated heterocycles. The van der Waals surface area contributed by atoms with Crippen LogP contribution in [0.2, 0.25) is 0 Å². The first-order valence-electron chi connectivity index (χ1n) is 10.3. The highest BCUT2D eigenvalue weighted by molar-refractivity contribution is 6.10. The van der Waals surface area contributed by atoms with E-state index in [2.05, 4.69) is 60.4 Å². The van der Waals surface area contributed by atoms with Gasteiger partial charge in [0, 0.05) is 5.69 Å². The van der Waals surface area contributed by atoms with Crippen LogP contribution in [0.1, 0.15) is 28.3 Å². The van der Waals surface area contributed by atoms with E-state index >= 15 is 0 Å². The van der Waals surface area contributed by atoms with E-state index in [0.29, 0.717) is 0 Å². The molecule has 4 aromatic rings. The van der Waals surface area contributed by atoms with E-state index in [0.717, 1.165) is 22.4 Å². The third-order valence-corrected chi connectivity index (χ3v) is 6.04. The highest BCUT2D eigenvalue weighted by Crippen LogP contribution is 2.55. The van der Waals surface area contributed by atoms with E-state index in [9.17, 15) is 4.79 Å². The minimum atomic E-state index is -0.849. The predicted octanol–water partition coefficient (Wildman–Crippen LogP) is 6.07. The van der Waals surface area contributed by atoms with Crippen LogP contribution in [0.3, 0.4) is 0 Å². The summed E-state index contributed by atoms with van der Waals surface area (Å²) in [5, 5.41) is 0. The van der Waals surface area contributed by atoms with Crippen LogP contribution < -0.4 is 4.90 Å². The fraction of sp³-hybridized carbons (Fsp3) is 0.107. The molecule has 2 heteroatoms. The zero-order chi connectivity index (χ0) is 20.6. The third-order valence-electron chi connectivity index (χ3n) is 6.04. The summed E-state index contributed by atoms with van der Waals surface area (Å²) in [6.45, 7) is 2.08. The number of hydrogen-bond acceptors (Lipinski definition) is 2. The summed E-state index contributed by atoms with van der Waals surface area (Å²) in [6, 6.07) is 38.5. The molecule has 0 saturated carbocycles. The first-order valence-corrected chi connectivity index (χ1v) is 10.3. The summed E-state index contributed by atoms with van der Waals surface area (Å²) < 4.78 is 0. The SMILES string of the molecule is Cc1ccc(N2C(c3ccccc3)C(=O)C2(c2ccccc2)c2ccccc2)cc1. The number of hydrogen-bond donors (Lipinski definition) is 0. The molecule has 0 amide bonds. The van der Waals surface area contributed by atoms with Crippen molar-refractivity contribution in [1.29, 1.82) is 0 Å². The maximum absolute atomic E-state index is 14.1. The zero-order valence-corrected chi connectivity index (χ0v) is 16.9. The summed E-state index contributed by atoms with van der Waals surface area (Å²) in [5.74, 6) is 0.201. The topological polar surface area (TPSA) is 20.3 Å². The van der Waals surface area contributed by atoms with Crippen molar-refractivity contribution in [2.75, 3.05) is 4.90 Å². The van der Waals surface area contributed by atoms with Crippen LogP contribution in [-0.2, 0) is 10.3 Å². The largest absolute Gasteiger partial charge is 0.337 e. The lowest BCUT2D eigenvalue weighted by molar-refractivity contribution is -0.131. The van der Waals surface area contributed by atoms with Gasteiger partial charge in [0.2, 0.25) is 0 Å². The van der Waals surface area contributed by atoms with E-state index in [4.69, 9.17) is 0 Å². The first-order chi connectivity index (χ1) is 14.7. The molecule has 30 heavy (non-hydrogen) atoms. The van der Waals surface area contributed by atoms with Gasteiger partial charge in [-0.2, -0.15) is 0 Å². The number of Topliss-reactive ketones (excluding diaryl/α,β-unsaturated/α-hetero) is 1. The lowest BCUT2D eigenvalue weighted by Crippen LogP contribution is -2.68. The highest BCUT2D eigenvalue weighted by atomic mass is 16.1. The van der Waals surface area contributed by atoms with Gasteiger partial charge in [0.1, 0.15) is 6.04 Å². The Hall–Kier alpha value is -3.65. The van der Waals surface area contributed by atoms with Crippen molar-refractivity contribution < 1.29 is 4.79 Å². The summed E-state index contributed by atoms with van der Waals surface area (Å²) >= 11 is 0. The average Bonchev–Trinajstić information content (AvgIpc) is 2.81. The van der Waals surface area contributed by atoms with Gasteiger partial charge in [0.25, 0.3) is 0 Å². The number of rotatable bonds is 4. The van der Waals surface area contributed by atoms with Gasteiger partial charge in [-0.1, -0.05) is 109 Å². The van der Waals surface area contributed by atoms with Crippen molar-refractivity contribution in [1.82, 2.24) is 0 Å². The lowest BCUT2D eigenvalue weighted by Gasteiger charge is -2.58. The minimum absolute atomic E-state index is 0.201. The molecule has 5 rings (SSSR count). The molecule has 4 aromatic carbocycles. The maximum atomic E-state index is 14.1. The first kappa shape index (κ1) is 18.4. The van der Waals surface area contributed by atoms with Crippen LogP contribution in [0.5, 0.6) is 0 Å². The van der Waals surface area contributed by atoms with Crippen LogP contribution in [0.15, 0.2) is 115 Å². The molecule has 0 aromatic heterocycles. The Morgan fingerprint density at radius 2 is 1.10 bits per heavy atom. The van der Waals surface area contributed by atoms with Gasteiger partial charge in [-0.15, -0.1) is 0 Å². The normalized spacial score (nSPS) is 17.4. The van der Waals surface area contributed by atoms with Crippen molar-refractivity contribution in [2.45, 2.75) is 18.5 Å². The van der Waals surface area contributed by atoms with Gasteiger partial charge in [0.15, 0.2) is 11.3 Å². The standard InChI is InChI=1S/C28H23NO/c1-21-17-19-25(20-18-21)29-26(22-11-5-2-6-12-22)27(30)28(29,23-13-7-3-8-14-23)24-15-9-4-10-16-24/h2-20,26H,1H3. The number of carbonyl (C=O) groups is 1. The highest BCUT2D eigenvalue weighted by Gasteiger charge is 2.62. The molecule has 146 valence electrons. The minimum Gasteiger partial charge on any atom is -0.337 e. The molecule has 1 atom stereocenters. The molecule has 1 fully saturated rings. The van der Waals surface area contributed by atoms with Crippen LogP contribution in [0.4, 0.5) is 5.69 Å². The molecular weight excluding hydrogens is 366 g/mol. The summed E-state index contributed by atoms with van der Waals surface area (Å²) in [7, 11) is 0. The van der Waals surface area contributed by atoms with Crippen molar-refractivity contribution in [3.63, 3.8) is 0 Å². The van der Waals surface area contributed by atoms with E-state index in [1.54, 1.807) is 0 Å². The molecule has 0 aliphatic carbocycles. The maximum Gasteiger partial charge on any atom is 0.194 e. The number of nitrogens with zero attached hydrogens (tertiary/aromatic N) is 1. The van der Waals surface area contributed by atoms with Gasteiger partial charge in [-0.3, -0.25) is 4.79 Å². The number of ketones is 1. The Bertz CT molecular complexity index is 1110. The molecule has 1 aliphatic heterocycles. The van der Waals surface area contributed by atoms with Gasteiger partial charge in [0.05, 0.1) is 0 Å². The lowest BCUT2D eigenvalue weighted by atomic mass is 9.65. The molecule has 1 aliphatic rings. The Kier molecular flexibility index (Phi) is 4.48. The van der Waals surface area contributed by atoms with E-state index in [-0.39, 0.29) is 11.8 Å². The molecule has 2 nitrogen and oxygen atoms in total. The second-order valence-corrected chi connectivity index (χ2v) is 7.83. The molecule has 1 unspecified atom stereocenters. The van der Waals surface area contributed by atoms with Gasteiger partial charge in [-0.05, 0) is 35.7 Å². The summed E-state index contributed by atoms with van der Waals surface area (Å²) in [5.41, 5.74) is 4.40. The van der Waals surface area contributed by atoms with Crippen molar-refractivity contribution in [3.8, 4) is 0 Å². The molecule has 1 heterocycles. The Morgan fingerprint density at radius 3 is 1.60 bits per heavy atom. The van der Waals surface area contributed by atoms with Crippen molar-refractivity contribution in [3.05, 3.63) is 138 Å². The second kappa shape index (κ2) is 7.31. The summed E-state index contributed by atoms with van der Waals surface area (Å²) in [6.07, 6.45) is 0. The Morgan fingerprint density at radius 1 is 0.633 bits per heavy atom. The Balaban J connectivity index is 1.78. The fourth-order valence-corrected chi connectivity index (χ4v) is 4.63. The average molecular weight is 389 g/mol. The van der Waals surface area contributed by atoms with Gasteiger partial charge >= 0.3 is 0 Å². The van der Waals surface area contributed by atoms with Crippen LogP contribution in [0, 0.1) is 6.92 Å². The van der Waals surface area contributed by atoms with E-state index in [1.165, 1.54) is 5.56 Å². The molecule has 0 radical (unpaired) electrons. The number of carbonyl (C=O) groups excluding carboxylic acids is 1. The van der Waals surface area contributed by atoms with Gasteiger partial charge in [-0.25, -0.2) is 0 Å². The molecular formula is C28H23NO. The molecule has 0 spiro atoms. The smallest absolute Gasteiger partial charge is 0.194 e. The molecule has 0 bridgehead atoms. The van der Waals surface area contributed by atoms with Crippen LogP contribution in [-0.4, -0.2) is 5.78 Å². The quantitative estimate of drug-likeness (QED) is 0.422.